The van der Waals surface area contributed by atoms with Gasteiger partial charge in [-0.3, -0.25) is 0 Å². The Balaban J connectivity index is 1.85. The lowest BCUT2D eigenvalue weighted by Gasteiger charge is -2.19. The predicted octanol–water partition coefficient (Wildman–Crippen LogP) is 3.13. The highest BCUT2D eigenvalue weighted by atomic mass is 35.5. The highest BCUT2D eigenvalue weighted by Gasteiger charge is 2.23. The van der Waals surface area contributed by atoms with Crippen LogP contribution in [-0.2, 0) is 16.3 Å². The maximum absolute atomic E-state index is 12.5. The lowest BCUT2D eigenvalue weighted by Crippen LogP contribution is -2.17. The summed E-state index contributed by atoms with van der Waals surface area (Å²) >= 11 is 6.11. The maximum Gasteiger partial charge on any atom is 0.180 e. The fourth-order valence-electron chi connectivity index (χ4n) is 2.29. The summed E-state index contributed by atoms with van der Waals surface area (Å²) in [6, 6.07) is 12.4. The molecule has 2 aromatic carbocycles. The van der Waals surface area contributed by atoms with Gasteiger partial charge in [0.1, 0.15) is 13.2 Å². The monoisotopic (exact) mass is 338 g/mol. The van der Waals surface area contributed by atoms with Crippen molar-refractivity contribution < 1.29 is 17.9 Å². The lowest BCUT2D eigenvalue weighted by molar-refractivity contribution is 0.171. The zero-order chi connectivity index (χ0) is 15.6. The molecule has 6 heteroatoms. The van der Waals surface area contributed by atoms with Crippen LogP contribution in [0.15, 0.2) is 47.4 Å². The van der Waals surface area contributed by atoms with Gasteiger partial charge >= 0.3 is 0 Å². The Labute approximate surface area is 134 Å². The summed E-state index contributed by atoms with van der Waals surface area (Å²) in [7, 11) is -3.49. The van der Waals surface area contributed by atoms with Crippen molar-refractivity contribution in [3.63, 3.8) is 0 Å². The molecule has 3 rings (SSSR count). The number of sulfone groups is 1. The van der Waals surface area contributed by atoms with Crippen LogP contribution >= 0.6 is 11.6 Å². The molecular weight excluding hydrogens is 324 g/mol. The van der Waals surface area contributed by atoms with E-state index >= 15 is 0 Å². The summed E-state index contributed by atoms with van der Waals surface area (Å²) in [4.78, 5) is 0.0920. The fraction of sp³-hybridized carbons (Fsp3) is 0.250. The molecule has 0 spiro atoms. The van der Waals surface area contributed by atoms with E-state index in [-0.39, 0.29) is 15.7 Å². The first-order chi connectivity index (χ1) is 10.6. The number of hydrogen-bond acceptors (Lipinski definition) is 4. The second kappa shape index (κ2) is 6.18. The predicted molar refractivity (Wildman–Crippen MR) is 84.6 cm³/mol. The molecule has 0 amide bonds. The third-order valence-electron chi connectivity index (χ3n) is 3.43. The molecule has 0 bridgehead atoms. The molecule has 0 saturated carbocycles. The number of benzene rings is 2. The average Bonchev–Trinajstić information content (AvgIpc) is 2.53. The quantitative estimate of drug-likeness (QED) is 0.859. The van der Waals surface area contributed by atoms with Crippen LogP contribution in [0.25, 0.3) is 0 Å². The van der Waals surface area contributed by atoms with Gasteiger partial charge in [0.2, 0.25) is 0 Å². The normalized spacial score (nSPS) is 13.9. The van der Waals surface area contributed by atoms with Gasteiger partial charge in [-0.1, -0.05) is 41.9 Å². The van der Waals surface area contributed by atoms with Crippen molar-refractivity contribution in [2.45, 2.75) is 11.3 Å². The number of halogens is 1. The topological polar surface area (TPSA) is 52.6 Å². The highest BCUT2D eigenvalue weighted by Crippen LogP contribution is 2.37. The molecule has 0 N–H and O–H groups in total. The standard InChI is InChI=1S/C16H15ClO4S/c17-13-10-14-15(21-8-7-20-14)11-16(13)22(18,19)9-6-12-4-2-1-3-5-12/h1-5,10-11H,6-9H2. The molecule has 0 fully saturated rings. The van der Waals surface area contributed by atoms with Gasteiger partial charge in [0.05, 0.1) is 15.7 Å². The molecule has 0 unspecified atom stereocenters. The largest absolute Gasteiger partial charge is 0.486 e. The second-order valence-corrected chi connectivity index (χ2v) is 7.47. The Morgan fingerprint density at radius 1 is 1.00 bits per heavy atom. The van der Waals surface area contributed by atoms with Gasteiger partial charge in [0, 0.05) is 12.1 Å². The summed E-state index contributed by atoms with van der Waals surface area (Å²) in [5.74, 6) is 0.906. The highest BCUT2D eigenvalue weighted by molar-refractivity contribution is 7.91. The number of fused-ring (bicyclic) bond motifs is 1. The van der Waals surface area contributed by atoms with E-state index in [1.807, 2.05) is 30.3 Å². The number of hydrogen-bond donors (Lipinski definition) is 0. The van der Waals surface area contributed by atoms with Gasteiger partial charge in [-0.25, -0.2) is 8.42 Å². The van der Waals surface area contributed by atoms with E-state index in [0.717, 1.165) is 5.56 Å². The lowest BCUT2D eigenvalue weighted by atomic mass is 10.2. The third kappa shape index (κ3) is 3.20. The summed E-state index contributed by atoms with van der Waals surface area (Å²) < 4.78 is 35.9. The minimum Gasteiger partial charge on any atom is -0.486 e. The van der Waals surface area contributed by atoms with Crippen LogP contribution < -0.4 is 9.47 Å². The van der Waals surface area contributed by atoms with Gasteiger partial charge in [-0.05, 0) is 12.0 Å². The first kappa shape index (κ1) is 15.2. The van der Waals surface area contributed by atoms with Gasteiger partial charge < -0.3 is 9.47 Å². The summed E-state index contributed by atoms with van der Waals surface area (Å²) in [6.07, 6.45) is 0.438. The molecule has 1 aliphatic rings. The summed E-state index contributed by atoms with van der Waals surface area (Å²) in [5.41, 5.74) is 0.972. The van der Waals surface area contributed by atoms with Gasteiger partial charge in [-0.2, -0.15) is 0 Å². The fourth-order valence-corrected chi connectivity index (χ4v) is 4.16. The molecule has 0 saturated heterocycles. The summed E-state index contributed by atoms with van der Waals surface area (Å²) in [5, 5.41) is 0.164. The smallest absolute Gasteiger partial charge is 0.180 e. The Kier molecular flexibility index (Phi) is 4.27. The minimum absolute atomic E-state index is 0.00359. The Morgan fingerprint density at radius 2 is 1.64 bits per heavy atom. The van der Waals surface area contributed by atoms with Crippen molar-refractivity contribution >= 4 is 21.4 Å². The van der Waals surface area contributed by atoms with Crippen molar-refractivity contribution in [2.24, 2.45) is 0 Å². The van der Waals surface area contributed by atoms with Crippen LogP contribution in [0.4, 0.5) is 0 Å². The van der Waals surface area contributed by atoms with Crippen LogP contribution in [-0.4, -0.2) is 27.4 Å². The molecule has 1 heterocycles. The Hall–Kier alpha value is -1.72. The zero-order valence-electron chi connectivity index (χ0n) is 11.8. The molecule has 1 aliphatic heterocycles. The van der Waals surface area contributed by atoms with Crippen molar-refractivity contribution in [3.05, 3.63) is 53.1 Å². The molecule has 0 radical (unpaired) electrons. The van der Waals surface area contributed by atoms with E-state index in [0.29, 0.717) is 31.1 Å². The maximum atomic E-state index is 12.5. The van der Waals surface area contributed by atoms with Crippen LogP contribution in [0.2, 0.25) is 5.02 Å². The first-order valence-corrected chi connectivity index (χ1v) is 8.95. The summed E-state index contributed by atoms with van der Waals surface area (Å²) in [6.45, 7) is 0.835. The number of aryl methyl sites for hydroxylation is 1. The van der Waals surface area contributed by atoms with Crippen LogP contribution in [0.1, 0.15) is 5.56 Å². The SMILES string of the molecule is O=S(=O)(CCc1ccccc1)c1cc2c(cc1Cl)OCCO2. The van der Waals surface area contributed by atoms with Crippen molar-refractivity contribution in [3.8, 4) is 11.5 Å². The van der Waals surface area contributed by atoms with Crippen molar-refractivity contribution in [2.75, 3.05) is 19.0 Å². The van der Waals surface area contributed by atoms with Gasteiger partial charge in [0.15, 0.2) is 21.3 Å². The Morgan fingerprint density at radius 3 is 2.32 bits per heavy atom. The molecule has 22 heavy (non-hydrogen) atoms. The molecule has 2 aromatic rings. The van der Waals surface area contributed by atoms with Crippen molar-refractivity contribution in [1.29, 1.82) is 0 Å². The van der Waals surface area contributed by atoms with Gasteiger partial charge in [-0.15, -0.1) is 0 Å². The van der Waals surface area contributed by atoms with Crippen LogP contribution in [0.5, 0.6) is 11.5 Å². The molecule has 0 atom stereocenters. The number of rotatable bonds is 4. The van der Waals surface area contributed by atoms with E-state index in [1.165, 1.54) is 12.1 Å². The van der Waals surface area contributed by atoms with Crippen LogP contribution in [0, 0.1) is 0 Å². The van der Waals surface area contributed by atoms with E-state index in [4.69, 9.17) is 21.1 Å². The zero-order valence-corrected chi connectivity index (χ0v) is 13.4. The van der Waals surface area contributed by atoms with E-state index < -0.39 is 9.84 Å². The number of ether oxygens (including phenoxy) is 2. The molecule has 0 aromatic heterocycles. The average molecular weight is 339 g/mol. The molecule has 0 aliphatic carbocycles. The molecular formula is C16H15ClO4S. The minimum atomic E-state index is -3.49. The third-order valence-corrected chi connectivity index (χ3v) is 5.61. The van der Waals surface area contributed by atoms with Crippen LogP contribution in [0.3, 0.4) is 0 Å². The van der Waals surface area contributed by atoms with E-state index in [1.54, 1.807) is 0 Å². The van der Waals surface area contributed by atoms with Gasteiger partial charge in [0.25, 0.3) is 0 Å². The molecule has 116 valence electrons. The molecule has 4 nitrogen and oxygen atoms in total. The second-order valence-electron chi connectivity index (χ2n) is 4.98. The van der Waals surface area contributed by atoms with E-state index in [2.05, 4.69) is 0 Å². The Bertz CT molecular complexity index is 772. The first-order valence-electron chi connectivity index (χ1n) is 6.92. The van der Waals surface area contributed by atoms with Crippen molar-refractivity contribution in [1.82, 2.24) is 0 Å². The van der Waals surface area contributed by atoms with E-state index in [9.17, 15) is 8.42 Å².